The van der Waals surface area contributed by atoms with Gasteiger partial charge in [0, 0.05) is 6.61 Å². The van der Waals surface area contributed by atoms with E-state index in [0.717, 1.165) is 25.9 Å². The van der Waals surface area contributed by atoms with Gasteiger partial charge in [0.25, 0.3) is 0 Å². The van der Waals surface area contributed by atoms with Gasteiger partial charge in [-0.3, -0.25) is 0 Å². The Morgan fingerprint density at radius 3 is 2.91 bits per heavy atom. The molecule has 64 valence electrons. The van der Waals surface area contributed by atoms with E-state index in [1.807, 2.05) is 4.81 Å². The summed E-state index contributed by atoms with van der Waals surface area (Å²) in [5.74, 6) is 0.373. The molecule has 1 aliphatic rings. The van der Waals surface area contributed by atoms with Crippen LogP contribution < -0.4 is 0 Å². The molecular formula is C7H16BNO2. The fraction of sp³-hybridized carbons (Fsp3) is 1.00. The zero-order valence-electron chi connectivity index (χ0n) is 7.03. The van der Waals surface area contributed by atoms with Crippen molar-refractivity contribution in [2.24, 2.45) is 5.92 Å². The Balaban J connectivity index is 2.33. The molecule has 0 radical (unpaired) electrons. The maximum absolute atomic E-state index is 9.23. The Kier molecular flexibility index (Phi) is 3.36. The van der Waals surface area contributed by atoms with E-state index in [4.69, 9.17) is 5.11 Å². The summed E-state index contributed by atoms with van der Waals surface area (Å²) >= 11 is 0. The fourth-order valence-corrected chi connectivity index (χ4v) is 1.59. The number of rotatable bonds is 2. The highest BCUT2D eigenvalue weighted by atomic mass is 16.3. The molecule has 0 aliphatic carbocycles. The largest absolute Gasteiger partial charge is 0.437 e. The maximum atomic E-state index is 9.23. The second-order valence-corrected chi connectivity index (χ2v) is 3.32. The Hall–Kier alpha value is -0.0551. The van der Waals surface area contributed by atoms with Crippen LogP contribution in [0.5, 0.6) is 0 Å². The smallest absolute Gasteiger partial charge is 0.376 e. The molecule has 0 aromatic rings. The molecule has 0 aromatic heterocycles. The highest BCUT2D eigenvalue weighted by molar-refractivity contribution is 6.45. The standard InChI is InChI=1S/C7H16BNO2/c1-8(11)9-4-2-3-7(5-9)6-10/h7,10-11H,2-6H2,1H3/t7-/m1/s1. The molecule has 1 saturated heterocycles. The molecule has 0 amide bonds. The van der Waals surface area contributed by atoms with Gasteiger partial charge in [-0.15, -0.1) is 0 Å². The summed E-state index contributed by atoms with van der Waals surface area (Å²) in [6.07, 6.45) is 2.19. The molecular weight excluding hydrogens is 141 g/mol. The Morgan fingerprint density at radius 2 is 2.36 bits per heavy atom. The van der Waals surface area contributed by atoms with Crippen molar-refractivity contribution >= 4 is 7.05 Å². The molecule has 0 unspecified atom stereocenters. The van der Waals surface area contributed by atoms with E-state index in [0.29, 0.717) is 5.92 Å². The summed E-state index contributed by atoms with van der Waals surface area (Å²) in [6, 6.07) is 0. The van der Waals surface area contributed by atoms with Crippen LogP contribution in [0.3, 0.4) is 0 Å². The van der Waals surface area contributed by atoms with Crippen molar-refractivity contribution in [1.29, 1.82) is 0 Å². The van der Waals surface area contributed by atoms with Gasteiger partial charge in [0.1, 0.15) is 0 Å². The zero-order valence-corrected chi connectivity index (χ0v) is 7.03. The molecule has 1 fully saturated rings. The number of nitrogens with zero attached hydrogens (tertiary/aromatic N) is 1. The molecule has 0 spiro atoms. The number of hydrogen-bond acceptors (Lipinski definition) is 3. The van der Waals surface area contributed by atoms with Crippen LogP contribution >= 0.6 is 0 Å². The lowest BCUT2D eigenvalue weighted by molar-refractivity contribution is 0.156. The van der Waals surface area contributed by atoms with Crippen molar-refractivity contribution in [2.75, 3.05) is 19.7 Å². The Bertz CT molecular complexity index is 121. The third kappa shape index (κ3) is 2.47. The molecule has 11 heavy (non-hydrogen) atoms. The van der Waals surface area contributed by atoms with E-state index in [9.17, 15) is 5.02 Å². The van der Waals surface area contributed by atoms with Crippen LogP contribution in [0, 0.1) is 5.92 Å². The lowest BCUT2D eigenvalue weighted by Crippen LogP contribution is -2.44. The van der Waals surface area contributed by atoms with Gasteiger partial charge in [-0.2, -0.15) is 0 Å². The summed E-state index contributed by atoms with van der Waals surface area (Å²) in [7, 11) is -0.357. The van der Waals surface area contributed by atoms with Gasteiger partial charge in [-0.25, -0.2) is 0 Å². The lowest BCUT2D eigenvalue weighted by atomic mass is 9.81. The van der Waals surface area contributed by atoms with E-state index in [-0.39, 0.29) is 13.7 Å². The molecule has 1 heterocycles. The molecule has 4 heteroatoms. The van der Waals surface area contributed by atoms with Gasteiger partial charge >= 0.3 is 7.05 Å². The van der Waals surface area contributed by atoms with Crippen molar-refractivity contribution in [3.8, 4) is 0 Å². The highest BCUT2D eigenvalue weighted by Gasteiger charge is 2.23. The number of piperidine rings is 1. The summed E-state index contributed by atoms with van der Waals surface area (Å²) in [5, 5.41) is 18.1. The average Bonchev–Trinajstić information content (AvgIpc) is 2.05. The van der Waals surface area contributed by atoms with Crippen molar-refractivity contribution in [3.63, 3.8) is 0 Å². The van der Waals surface area contributed by atoms with Crippen molar-refractivity contribution in [2.45, 2.75) is 19.7 Å². The van der Waals surface area contributed by atoms with Crippen LogP contribution in [0.25, 0.3) is 0 Å². The SMILES string of the molecule is CB(O)N1CCC[C@@H](CO)C1. The number of aliphatic hydroxyl groups excluding tert-OH is 1. The lowest BCUT2D eigenvalue weighted by Gasteiger charge is -2.32. The maximum Gasteiger partial charge on any atom is 0.376 e. The second kappa shape index (κ2) is 4.09. The molecule has 0 bridgehead atoms. The topological polar surface area (TPSA) is 43.7 Å². The van der Waals surface area contributed by atoms with Crippen molar-refractivity contribution in [3.05, 3.63) is 0 Å². The number of aliphatic hydroxyl groups is 1. The van der Waals surface area contributed by atoms with Gasteiger partial charge in [-0.1, -0.05) is 0 Å². The van der Waals surface area contributed by atoms with Gasteiger partial charge in [-0.05, 0) is 38.7 Å². The number of hydrogen-bond donors (Lipinski definition) is 2. The minimum atomic E-state index is -0.357. The summed E-state index contributed by atoms with van der Waals surface area (Å²) < 4.78 is 0. The molecule has 1 atom stereocenters. The van der Waals surface area contributed by atoms with E-state index in [2.05, 4.69) is 0 Å². The van der Waals surface area contributed by atoms with Crippen LogP contribution in [0.4, 0.5) is 0 Å². The quantitative estimate of drug-likeness (QED) is 0.545. The molecule has 3 nitrogen and oxygen atoms in total. The second-order valence-electron chi connectivity index (χ2n) is 3.32. The van der Waals surface area contributed by atoms with Gasteiger partial charge in [0.2, 0.25) is 0 Å². The van der Waals surface area contributed by atoms with E-state index in [1.54, 1.807) is 6.82 Å². The fourth-order valence-electron chi connectivity index (χ4n) is 1.59. The highest BCUT2D eigenvalue weighted by Crippen LogP contribution is 2.15. The Morgan fingerprint density at radius 1 is 1.64 bits per heavy atom. The first kappa shape index (κ1) is 9.04. The van der Waals surface area contributed by atoms with Crippen molar-refractivity contribution < 1.29 is 10.1 Å². The summed E-state index contributed by atoms with van der Waals surface area (Å²) in [6.45, 7) is 3.84. The van der Waals surface area contributed by atoms with Gasteiger partial charge in [0.05, 0.1) is 0 Å². The molecule has 1 aliphatic heterocycles. The normalized spacial score (nSPS) is 27.0. The predicted octanol–water partition coefficient (Wildman–Crippen LogP) is -0.199. The van der Waals surface area contributed by atoms with Crippen LogP contribution in [0.15, 0.2) is 0 Å². The third-order valence-corrected chi connectivity index (χ3v) is 2.34. The van der Waals surface area contributed by atoms with Crippen LogP contribution in [0.1, 0.15) is 12.8 Å². The minimum absolute atomic E-state index is 0.253. The predicted molar refractivity (Wildman–Crippen MR) is 45.2 cm³/mol. The van der Waals surface area contributed by atoms with Gasteiger partial charge < -0.3 is 14.9 Å². The van der Waals surface area contributed by atoms with Gasteiger partial charge in [0.15, 0.2) is 0 Å². The first-order chi connectivity index (χ1) is 5.24. The van der Waals surface area contributed by atoms with E-state index >= 15 is 0 Å². The summed E-state index contributed by atoms with van der Waals surface area (Å²) in [4.78, 5) is 2.00. The van der Waals surface area contributed by atoms with Crippen LogP contribution in [-0.4, -0.2) is 41.7 Å². The average molecular weight is 157 g/mol. The van der Waals surface area contributed by atoms with E-state index < -0.39 is 0 Å². The van der Waals surface area contributed by atoms with Crippen molar-refractivity contribution in [1.82, 2.24) is 4.81 Å². The zero-order chi connectivity index (χ0) is 8.27. The van der Waals surface area contributed by atoms with Crippen LogP contribution in [-0.2, 0) is 0 Å². The summed E-state index contributed by atoms with van der Waals surface area (Å²) in [5.41, 5.74) is 0. The minimum Gasteiger partial charge on any atom is -0.437 e. The Labute approximate surface area is 68.2 Å². The monoisotopic (exact) mass is 157 g/mol. The third-order valence-electron chi connectivity index (χ3n) is 2.34. The molecule has 2 N–H and O–H groups in total. The first-order valence-electron chi connectivity index (χ1n) is 4.27. The molecule has 1 rings (SSSR count). The molecule has 0 aromatic carbocycles. The van der Waals surface area contributed by atoms with E-state index in [1.165, 1.54) is 0 Å². The molecule has 0 saturated carbocycles. The van der Waals surface area contributed by atoms with Crippen LogP contribution in [0.2, 0.25) is 6.82 Å². The first-order valence-corrected chi connectivity index (χ1v) is 4.27.